The van der Waals surface area contributed by atoms with Crippen molar-refractivity contribution < 1.29 is 53.4 Å². The quantitative estimate of drug-likeness (QED) is 0.0584. The number of carbonyl (C=O) groups is 4. The van der Waals surface area contributed by atoms with Crippen molar-refractivity contribution in [3.8, 4) is 22.3 Å². The Morgan fingerprint density at radius 3 is 1.28 bits per heavy atom. The average Bonchev–Trinajstić information content (AvgIpc) is 3.30. The van der Waals surface area contributed by atoms with Gasteiger partial charge in [0.2, 0.25) is 11.8 Å². The average molecular weight is 1010 g/mol. The van der Waals surface area contributed by atoms with E-state index in [1.165, 1.54) is 28.4 Å². The van der Waals surface area contributed by atoms with Crippen molar-refractivity contribution in [2.24, 2.45) is 11.8 Å². The first kappa shape index (κ1) is 63.2. The van der Waals surface area contributed by atoms with Gasteiger partial charge in [-0.3, -0.25) is 38.7 Å². The second-order valence-corrected chi connectivity index (χ2v) is 19.2. The summed E-state index contributed by atoms with van der Waals surface area (Å²) in [6.07, 6.45) is 10.6. The molecule has 6 aromatic rings. The van der Waals surface area contributed by atoms with Crippen LogP contribution in [0.15, 0.2) is 120 Å². The summed E-state index contributed by atoms with van der Waals surface area (Å²) in [5.41, 5.74) is 10.7. The van der Waals surface area contributed by atoms with Gasteiger partial charge in [0, 0.05) is 60.4 Å². The van der Waals surface area contributed by atoms with E-state index in [1.807, 2.05) is 124 Å². The SMILES string of the molecule is C.COC(=O)C[C@H](NC(=O)C(CC(C)C)n1ccc(C)cc1=O)c1cncc(-c2c(C)cccc2C)c1.Cc1ccn(C(CC(C)C)C(=O)N[C@@H](CC(=O)O)c2cncc(-c3c(C)cccc3C)c2)c(=O)c1.[Li+].[OH-]. The minimum Gasteiger partial charge on any atom is -0.870 e. The molecule has 16 heteroatoms. The molecule has 74 heavy (non-hydrogen) atoms. The van der Waals surface area contributed by atoms with Gasteiger partial charge in [0.1, 0.15) is 12.1 Å². The first-order chi connectivity index (χ1) is 33.7. The van der Waals surface area contributed by atoms with Gasteiger partial charge in [0.15, 0.2) is 0 Å². The number of hydrogen-bond acceptors (Lipinski definition) is 10. The van der Waals surface area contributed by atoms with E-state index in [2.05, 4.69) is 20.6 Å². The van der Waals surface area contributed by atoms with Crippen LogP contribution in [0.25, 0.3) is 22.3 Å². The van der Waals surface area contributed by atoms with Crippen LogP contribution < -0.4 is 40.6 Å². The van der Waals surface area contributed by atoms with Gasteiger partial charge in [-0.1, -0.05) is 71.5 Å². The summed E-state index contributed by atoms with van der Waals surface area (Å²) in [4.78, 5) is 85.2. The van der Waals surface area contributed by atoms with Crippen LogP contribution in [0.5, 0.6) is 0 Å². The molecule has 0 aliphatic heterocycles. The number of ether oxygens (including phenoxy) is 1. The van der Waals surface area contributed by atoms with Crippen molar-refractivity contribution in [1.29, 1.82) is 0 Å². The third kappa shape index (κ3) is 17.1. The van der Waals surface area contributed by atoms with E-state index in [9.17, 15) is 33.9 Å². The molecule has 0 saturated heterocycles. The van der Waals surface area contributed by atoms with E-state index >= 15 is 0 Å². The Balaban J connectivity index is 0.000000487. The molecule has 2 aromatic carbocycles. The fourth-order valence-corrected chi connectivity index (χ4v) is 8.85. The molecule has 6 rings (SSSR count). The Morgan fingerprint density at radius 1 is 0.595 bits per heavy atom. The first-order valence-corrected chi connectivity index (χ1v) is 24.0. The molecule has 4 atom stereocenters. The number of carboxylic acid groups (broad SMARTS) is 1. The molecule has 0 radical (unpaired) electrons. The largest absolute Gasteiger partial charge is 1.00 e. The molecule has 0 bridgehead atoms. The summed E-state index contributed by atoms with van der Waals surface area (Å²) >= 11 is 0. The van der Waals surface area contributed by atoms with Crippen molar-refractivity contribution >= 4 is 23.8 Å². The summed E-state index contributed by atoms with van der Waals surface area (Å²) in [7, 11) is 1.32. The van der Waals surface area contributed by atoms with Gasteiger partial charge in [-0.15, -0.1) is 0 Å². The Morgan fingerprint density at radius 2 is 0.959 bits per heavy atom. The first-order valence-electron chi connectivity index (χ1n) is 24.0. The van der Waals surface area contributed by atoms with E-state index in [0.717, 1.165) is 55.6 Å². The van der Waals surface area contributed by atoms with Gasteiger partial charge in [-0.05, 0) is 146 Å². The molecule has 390 valence electrons. The van der Waals surface area contributed by atoms with Gasteiger partial charge < -0.3 is 35.1 Å². The fourth-order valence-electron chi connectivity index (χ4n) is 8.85. The number of carboxylic acids is 1. The molecule has 2 unspecified atom stereocenters. The molecule has 0 fully saturated rings. The van der Waals surface area contributed by atoms with Crippen LogP contribution in [0.1, 0.15) is 129 Å². The van der Waals surface area contributed by atoms with Gasteiger partial charge in [-0.2, -0.15) is 0 Å². The number of esters is 1. The molecular weight excluding hydrogens is 932 g/mol. The van der Waals surface area contributed by atoms with Crippen LogP contribution in [0.3, 0.4) is 0 Å². The standard InChI is InChI=1S/C29H35N3O4.C28H33N3O4.CH4.Li.H2O/c1-18(2)12-25(32-11-10-19(3)13-26(32)33)29(35)31-24(15-27(34)36-6)22-14-23(17-30-16-22)28-20(4)8-7-9-21(28)5;1-17(2)11-24(31-10-9-18(3)12-25(31)32)28(35)30-23(14-26(33)34)21-13-22(16-29-15-21)27-19(4)7-6-8-20(27)5;;;/h7-11,13-14,16-18,24-25H,12,15H2,1-6H3,(H,31,35);6-10,12-13,15-17,23-24H,11,14H2,1-5H3,(H,30,35)(H,33,34);1H4;;1H2/q;;;+1;/p-1/t24-,25?;23-,24?;;;/m00.../s1. The number of nitrogens with one attached hydrogen (secondary N) is 2. The molecule has 4 N–H and O–H groups in total. The van der Waals surface area contributed by atoms with Gasteiger partial charge in [0.05, 0.1) is 32.0 Å². The molecular formula is C58H73LiN6O9. The number of nitrogens with zero attached hydrogens (tertiary/aromatic N) is 4. The predicted octanol–water partition coefficient (Wildman–Crippen LogP) is 7.06. The maximum Gasteiger partial charge on any atom is 1.00 e. The maximum atomic E-state index is 13.6. The molecule has 4 heterocycles. The number of aryl methyl sites for hydroxylation is 6. The Labute approximate surface area is 447 Å². The molecule has 0 saturated carbocycles. The maximum absolute atomic E-state index is 13.6. The normalized spacial score (nSPS) is 12.3. The van der Waals surface area contributed by atoms with Crippen LogP contribution in [0, 0.1) is 53.4 Å². The van der Waals surface area contributed by atoms with Crippen LogP contribution >= 0.6 is 0 Å². The topological polar surface area (TPSA) is 222 Å². The second-order valence-electron chi connectivity index (χ2n) is 19.2. The predicted molar refractivity (Wildman–Crippen MR) is 285 cm³/mol. The van der Waals surface area contributed by atoms with Crippen molar-refractivity contribution in [2.45, 2.75) is 127 Å². The zero-order chi connectivity index (χ0) is 52.1. The minimum absolute atomic E-state index is 0. The number of pyridine rings is 4. The molecule has 2 amide bonds. The van der Waals surface area contributed by atoms with Gasteiger partial charge in [0.25, 0.3) is 11.1 Å². The van der Waals surface area contributed by atoms with E-state index < -0.39 is 42.0 Å². The number of methoxy groups -OCH3 is 1. The Kier molecular flexibility index (Phi) is 24.8. The summed E-state index contributed by atoms with van der Waals surface area (Å²) in [5.74, 6) is -1.91. The summed E-state index contributed by atoms with van der Waals surface area (Å²) in [6, 6.07) is 19.6. The van der Waals surface area contributed by atoms with E-state index in [4.69, 9.17) is 4.74 Å². The second kappa shape index (κ2) is 29.1. The Bertz CT molecular complexity index is 2940. The summed E-state index contributed by atoms with van der Waals surface area (Å²) in [5, 5.41) is 15.5. The number of rotatable bonds is 18. The number of hydrogen-bond donors (Lipinski definition) is 3. The number of benzene rings is 2. The Hall–Kier alpha value is -6.92. The molecule has 15 nitrogen and oxygen atoms in total. The zero-order valence-electron chi connectivity index (χ0n) is 44.2. The van der Waals surface area contributed by atoms with Crippen molar-refractivity contribution in [3.05, 3.63) is 175 Å². The van der Waals surface area contributed by atoms with E-state index in [1.54, 1.807) is 43.2 Å². The minimum atomic E-state index is -1.04. The van der Waals surface area contributed by atoms with Crippen LogP contribution in [-0.4, -0.2) is 60.5 Å². The number of aliphatic carboxylic acids is 1. The summed E-state index contributed by atoms with van der Waals surface area (Å²) in [6.45, 7) is 19.7. The number of aromatic nitrogens is 4. The third-order valence-corrected chi connectivity index (χ3v) is 12.3. The smallest absolute Gasteiger partial charge is 0.870 e. The van der Waals surface area contributed by atoms with E-state index in [-0.39, 0.29) is 73.5 Å². The number of amides is 2. The van der Waals surface area contributed by atoms with Crippen molar-refractivity contribution in [2.75, 3.05) is 7.11 Å². The molecule has 0 spiro atoms. The summed E-state index contributed by atoms with van der Waals surface area (Å²) < 4.78 is 7.80. The zero-order valence-corrected chi connectivity index (χ0v) is 44.2. The molecule has 4 aromatic heterocycles. The fraction of sp³-hybridized carbons (Fsp3) is 0.379. The van der Waals surface area contributed by atoms with Gasteiger partial charge >= 0.3 is 30.8 Å². The van der Waals surface area contributed by atoms with Crippen LogP contribution in [0.2, 0.25) is 0 Å². The van der Waals surface area contributed by atoms with Crippen molar-refractivity contribution in [3.63, 3.8) is 0 Å². The molecule has 0 aliphatic carbocycles. The molecule has 0 aliphatic rings. The van der Waals surface area contributed by atoms with E-state index in [0.29, 0.717) is 24.0 Å². The van der Waals surface area contributed by atoms with Crippen LogP contribution in [-0.2, 0) is 23.9 Å². The number of carbonyl (C=O) groups excluding carboxylic acids is 3. The monoisotopic (exact) mass is 1000 g/mol. The van der Waals surface area contributed by atoms with Gasteiger partial charge in [-0.25, -0.2) is 0 Å². The van der Waals surface area contributed by atoms with Crippen LogP contribution in [0.4, 0.5) is 0 Å². The van der Waals surface area contributed by atoms with Crippen molar-refractivity contribution in [1.82, 2.24) is 29.7 Å². The third-order valence-electron chi connectivity index (χ3n) is 12.3.